The highest BCUT2D eigenvalue weighted by Gasteiger charge is 2.23. The van der Waals surface area contributed by atoms with Gasteiger partial charge in [0.1, 0.15) is 0 Å². The first kappa shape index (κ1) is 17.9. The fraction of sp³-hybridized carbons (Fsp3) is 1.00. The summed E-state index contributed by atoms with van der Waals surface area (Å²) in [6.07, 6.45) is 3.98. The first-order chi connectivity index (χ1) is 8.31. The summed E-state index contributed by atoms with van der Waals surface area (Å²) < 4.78 is 23.9. The fourth-order valence-electron chi connectivity index (χ4n) is 1.85. The highest BCUT2D eigenvalue weighted by atomic mass is 32.2. The monoisotopic (exact) mass is 277 g/mol. The number of hydrogen-bond donors (Lipinski definition) is 1. The van der Waals surface area contributed by atoms with Crippen molar-refractivity contribution in [2.75, 3.05) is 12.3 Å². The Balaban J connectivity index is 3.84. The molecule has 0 aromatic heterocycles. The summed E-state index contributed by atoms with van der Waals surface area (Å²) >= 11 is 0. The standard InChI is InChI=1S/C14H31NO2S/c1-6-10-15-13(4)9-7-8-11-18(16,17)14(5)12(2)3/h12-15H,6-11H2,1-5H3. The van der Waals surface area contributed by atoms with Crippen LogP contribution in [0, 0.1) is 5.92 Å². The third-order valence-electron chi connectivity index (χ3n) is 3.56. The van der Waals surface area contributed by atoms with E-state index in [-0.39, 0.29) is 11.2 Å². The van der Waals surface area contributed by atoms with E-state index in [1.807, 2.05) is 20.8 Å². The predicted octanol–water partition coefficient (Wildman–Crippen LogP) is 3.00. The zero-order chi connectivity index (χ0) is 14.2. The molecule has 1 N–H and O–H groups in total. The molecule has 110 valence electrons. The molecule has 18 heavy (non-hydrogen) atoms. The summed E-state index contributed by atoms with van der Waals surface area (Å²) in [5.74, 6) is 0.549. The molecule has 0 radical (unpaired) electrons. The van der Waals surface area contributed by atoms with Crippen LogP contribution in [0.2, 0.25) is 0 Å². The molecule has 0 aromatic rings. The molecule has 0 aromatic carbocycles. The van der Waals surface area contributed by atoms with E-state index in [0.29, 0.717) is 11.8 Å². The van der Waals surface area contributed by atoms with Gasteiger partial charge in [-0.2, -0.15) is 0 Å². The van der Waals surface area contributed by atoms with E-state index in [0.717, 1.165) is 32.2 Å². The smallest absolute Gasteiger partial charge is 0.153 e. The molecule has 0 spiro atoms. The Kier molecular flexibility index (Phi) is 8.87. The largest absolute Gasteiger partial charge is 0.314 e. The molecule has 0 aliphatic rings. The molecule has 2 unspecified atom stereocenters. The third-order valence-corrected chi connectivity index (χ3v) is 6.10. The van der Waals surface area contributed by atoms with Gasteiger partial charge in [-0.1, -0.05) is 27.2 Å². The van der Waals surface area contributed by atoms with Gasteiger partial charge in [-0.15, -0.1) is 0 Å². The van der Waals surface area contributed by atoms with Crippen LogP contribution in [0.3, 0.4) is 0 Å². The molecule has 0 amide bonds. The summed E-state index contributed by atoms with van der Waals surface area (Å²) in [5.41, 5.74) is 0. The Morgan fingerprint density at radius 2 is 1.67 bits per heavy atom. The lowest BCUT2D eigenvalue weighted by molar-refractivity contribution is 0.492. The number of nitrogens with one attached hydrogen (secondary N) is 1. The topological polar surface area (TPSA) is 46.2 Å². The molecule has 0 rings (SSSR count). The van der Waals surface area contributed by atoms with Gasteiger partial charge in [-0.05, 0) is 45.6 Å². The Labute approximate surface area is 114 Å². The SMILES string of the molecule is CCCNC(C)CCCCS(=O)(=O)C(C)C(C)C. The molecule has 0 aliphatic heterocycles. The van der Waals surface area contributed by atoms with Crippen LogP contribution in [0.15, 0.2) is 0 Å². The average Bonchev–Trinajstić information content (AvgIpc) is 2.30. The van der Waals surface area contributed by atoms with E-state index in [1.54, 1.807) is 0 Å². The quantitative estimate of drug-likeness (QED) is 0.624. The zero-order valence-corrected chi connectivity index (χ0v) is 13.5. The van der Waals surface area contributed by atoms with Crippen molar-refractivity contribution in [2.45, 2.75) is 71.6 Å². The van der Waals surface area contributed by atoms with Crippen molar-refractivity contribution in [3.8, 4) is 0 Å². The minimum atomic E-state index is -2.89. The van der Waals surface area contributed by atoms with Crippen molar-refractivity contribution in [1.29, 1.82) is 0 Å². The maximum absolute atomic E-state index is 12.0. The van der Waals surface area contributed by atoms with Crippen LogP contribution >= 0.6 is 0 Å². The number of unbranched alkanes of at least 4 members (excludes halogenated alkanes) is 1. The highest BCUT2D eigenvalue weighted by Crippen LogP contribution is 2.14. The predicted molar refractivity (Wildman–Crippen MR) is 79.7 cm³/mol. The second-order valence-corrected chi connectivity index (χ2v) is 8.14. The molecular formula is C14H31NO2S. The lowest BCUT2D eigenvalue weighted by Gasteiger charge is -2.17. The lowest BCUT2D eigenvalue weighted by atomic mass is 10.1. The maximum Gasteiger partial charge on any atom is 0.153 e. The van der Waals surface area contributed by atoms with Gasteiger partial charge in [0.25, 0.3) is 0 Å². The summed E-state index contributed by atoms with van der Waals surface area (Å²) in [7, 11) is -2.89. The molecule has 0 saturated heterocycles. The van der Waals surface area contributed by atoms with Crippen LogP contribution in [0.4, 0.5) is 0 Å². The van der Waals surface area contributed by atoms with Gasteiger partial charge in [0.05, 0.1) is 11.0 Å². The van der Waals surface area contributed by atoms with Crippen molar-refractivity contribution in [2.24, 2.45) is 5.92 Å². The minimum absolute atomic E-state index is 0.208. The van der Waals surface area contributed by atoms with E-state index < -0.39 is 9.84 Å². The summed E-state index contributed by atoms with van der Waals surface area (Å²) in [6.45, 7) is 11.1. The first-order valence-corrected chi connectivity index (χ1v) is 8.97. The second kappa shape index (κ2) is 8.92. The van der Waals surface area contributed by atoms with Gasteiger partial charge in [0.15, 0.2) is 9.84 Å². The van der Waals surface area contributed by atoms with Gasteiger partial charge >= 0.3 is 0 Å². The molecule has 0 saturated carbocycles. The number of hydrogen-bond acceptors (Lipinski definition) is 3. The van der Waals surface area contributed by atoms with E-state index in [1.165, 1.54) is 0 Å². The van der Waals surface area contributed by atoms with Crippen LogP contribution < -0.4 is 5.32 Å². The molecule has 0 bridgehead atoms. The van der Waals surface area contributed by atoms with Crippen LogP contribution in [-0.2, 0) is 9.84 Å². The minimum Gasteiger partial charge on any atom is -0.314 e. The van der Waals surface area contributed by atoms with E-state index in [9.17, 15) is 8.42 Å². The molecule has 0 aliphatic carbocycles. The fourth-order valence-corrected chi connectivity index (χ4v) is 3.65. The van der Waals surface area contributed by atoms with Crippen LogP contribution in [0.5, 0.6) is 0 Å². The summed E-state index contributed by atoms with van der Waals surface area (Å²) in [4.78, 5) is 0. The third kappa shape index (κ3) is 7.37. The van der Waals surface area contributed by atoms with E-state index in [2.05, 4.69) is 19.2 Å². The zero-order valence-electron chi connectivity index (χ0n) is 12.7. The average molecular weight is 277 g/mol. The van der Waals surface area contributed by atoms with E-state index >= 15 is 0 Å². The molecule has 0 fully saturated rings. The van der Waals surface area contributed by atoms with Gasteiger partial charge < -0.3 is 5.32 Å². The van der Waals surface area contributed by atoms with Gasteiger partial charge in [-0.25, -0.2) is 8.42 Å². The first-order valence-electron chi connectivity index (χ1n) is 7.26. The molecule has 2 atom stereocenters. The van der Waals surface area contributed by atoms with Crippen LogP contribution in [0.1, 0.15) is 60.3 Å². The van der Waals surface area contributed by atoms with Crippen molar-refractivity contribution >= 4 is 9.84 Å². The molecule has 0 heterocycles. The van der Waals surface area contributed by atoms with Crippen molar-refractivity contribution in [1.82, 2.24) is 5.32 Å². The number of rotatable bonds is 10. The van der Waals surface area contributed by atoms with Crippen molar-refractivity contribution in [3.05, 3.63) is 0 Å². The second-order valence-electron chi connectivity index (χ2n) is 5.67. The van der Waals surface area contributed by atoms with Crippen molar-refractivity contribution in [3.63, 3.8) is 0 Å². The van der Waals surface area contributed by atoms with Crippen molar-refractivity contribution < 1.29 is 8.42 Å². The van der Waals surface area contributed by atoms with Gasteiger partial charge in [0, 0.05) is 6.04 Å². The molecule has 4 heteroatoms. The Morgan fingerprint density at radius 1 is 1.06 bits per heavy atom. The normalized spacial score (nSPS) is 15.9. The Morgan fingerprint density at radius 3 is 2.17 bits per heavy atom. The highest BCUT2D eigenvalue weighted by molar-refractivity contribution is 7.92. The Hall–Kier alpha value is -0.0900. The van der Waals surface area contributed by atoms with E-state index in [4.69, 9.17) is 0 Å². The summed E-state index contributed by atoms with van der Waals surface area (Å²) in [5, 5.41) is 3.21. The lowest BCUT2D eigenvalue weighted by Crippen LogP contribution is -2.28. The van der Waals surface area contributed by atoms with Gasteiger partial charge in [0.2, 0.25) is 0 Å². The summed E-state index contributed by atoms with van der Waals surface area (Å²) in [6, 6.07) is 0.496. The van der Waals surface area contributed by atoms with Crippen LogP contribution in [0.25, 0.3) is 0 Å². The molecular weight excluding hydrogens is 246 g/mol. The molecule has 3 nitrogen and oxygen atoms in total. The Bertz CT molecular complexity index is 299. The van der Waals surface area contributed by atoms with Crippen LogP contribution in [-0.4, -0.2) is 32.0 Å². The number of sulfone groups is 1. The van der Waals surface area contributed by atoms with Gasteiger partial charge in [-0.3, -0.25) is 0 Å². The maximum atomic E-state index is 12.0.